The number of hydrogen-bond donors (Lipinski definition) is 2. The van der Waals surface area contributed by atoms with Gasteiger partial charge in [0.25, 0.3) is 0 Å². The Morgan fingerprint density at radius 1 is 1.19 bits per heavy atom. The third-order valence-electron chi connectivity index (χ3n) is 4.03. The predicted molar refractivity (Wildman–Crippen MR) is 103 cm³/mol. The first-order chi connectivity index (χ1) is 12.4. The predicted octanol–water partition coefficient (Wildman–Crippen LogP) is 3.05. The second-order valence-corrected chi connectivity index (χ2v) is 7.84. The number of rotatable bonds is 5. The third kappa shape index (κ3) is 3.91. The van der Waals surface area contributed by atoms with Crippen LogP contribution in [0.25, 0.3) is 0 Å². The molecule has 2 N–H and O–H groups in total. The molecule has 1 heterocycles. The van der Waals surface area contributed by atoms with E-state index >= 15 is 0 Å². The molecule has 8 heteroatoms. The number of carbonyl (C=O) groups is 1. The summed E-state index contributed by atoms with van der Waals surface area (Å²) in [5, 5.41) is 5.48. The fourth-order valence-electron chi connectivity index (χ4n) is 2.91. The first-order valence-corrected chi connectivity index (χ1v) is 10.1. The lowest BCUT2D eigenvalue weighted by molar-refractivity contribution is 0.262. The van der Waals surface area contributed by atoms with Crippen molar-refractivity contribution < 1.29 is 17.9 Å². The van der Waals surface area contributed by atoms with Crippen LogP contribution in [0.1, 0.15) is 12.5 Å². The first-order valence-electron chi connectivity index (χ1n) is 8.29. The van der Waals surface area contributed by atoms with Gasteiger partial charge in [0.1, 0.15) is 5.75 Å². The van der Waals surface area contributed by atoms with Crippen LogP contribution in [-0.4, -0.2) is 33.9 Å². The van der Waals surface area contributed by atoms with Crippen LogP contribution in [0.15, 0.2) is 42.5 Å². The van der Waals surface area contributed by atoms with Gasteiger partial charge in [0, 0.05) is 12.2 Å². The van der Waals surface area contributed by atoms with Gasteiger partial charge in [-0.3, -0.25) is 4.31 Å². The van der Waals surface area contributed by atoms with Crippen LogP contribution in [-0.2, 0) is 16.4 Å². The molecule has 26 heavy (non-hydrogen) atoms. The summed E-state index contributed by atoms with van der Waals surface area (Å²) in [6, 6.07) is 12.0. The summed E-state index contributed by atoms with van der Waals surface area (Å²) in [6.45, 7) is 2.78. The molecule has 3 rings (SSSR count). The minimum Gasteiger partial charge on any atom is -0.492 e. The molecule has 0 saturated heterocycles. The van der Waals surface area contributed by atoms with Crippen molar-refractivity contribution in [2.24, 2.45) is 0 Å². The van der Waals surface area contributed by atoms with Gasteiger partial charge in [-0.1, -0.05) is 18.2 Å². The van der Waals surface area contributed by atoms with Crippen LogP contribution in [0.2, 0.25) is 0 Å². The highest BCUT2D eigenvalue weighted by Gasteiger charge is 2.26. The number of nitrogens with zero attached hydrogens (tertiary/aromatic N) is 1. The number of nitrogens with one attached hydrogen (secondary N) is 2. The Morgan fingerprint density at radius 2 is 1.96 bits per heavy atom. The van der Waals surface area contributed by atoms with E-state index < -0.39 is 16.1 Å². The van der Waals surface area contributed by atoms with Crippen LogP contribution < -0.4 is 19.7 Å². The van der Waals surface area contributed by atoms with Crippen molar-refractivity contribution in [1.29, 1.82) is 0 Å². The highest BCUT2D eigenvalue weighted by atomic mass is 32.2. The lowest BCUT2D eigenvalue weighted by Crippen LogP contribution is -2.27. The standard InChI is InChI=1S/C18H21N3O4S/c1-3-25-17-7-5-4-6-15(17)20-18(22)19-14-9-8-13-10-11-21(16(13)12-14)26(2,23)24/h4-9,12H,3,10-11H2,1-2H3,(H2,19,20,22). The quantitative estimate of drug-likeness (QED) is 0.841. The van der Waals surface area contributed by atoms with Crippen LogP contribution in [0.3, 0.4) is 0 Å². The average Bonchev–Trinajstić information content (AvgIpc) is 3.00. The van der Waals surface area contributed by atoms with Gasteiger partial charge in [-0.25, -0.2) is 13.2 Å². The van der Waals surface area contributed by atoms with E-state index in [0.29, 0.717) is 42.4 Å². The molecule has 2 aromatic rings. The molecule has 2 aromatic carbocycles. The summed E-state index contributed by atoms with van der Waals surface area (Å²) < 4.78 is 30.6. The largest absolute Gasteiger partial charge is 0.492 e. The highest BCUT2D eigenvalue weighted by molar-refractivity contribution is 7.92. The third-order valence-corrected chi connectivity index (χ3v) is 5.21. The van der Waals surface area contributed by atoms with E-state index in [2.05, 4.69) is 10.6 Å². The number of anilines is 3. The van der Waals surface area contributed by atoms with Crippen LogP contribution in [0, 0.1) is 0 Å². The van der Waals surface area contributed by atoms with Crippen molar-refractivity contribution in [3.63, 3.8) is 0 Å². The average molecular weight is 375 g/mol. The van der Waals surface area contributed by atoms with E-state index in [1.54, 1.807) is 30.3 Å². The normalized spacial score (nSPS) is 13.2. The van der Waals surface area contributed by atoms with Crippen LogP contribution >= 0.6 is 0 Å². The summed E-state index contributed by atoms with van der Waals surface area (Å²) in [5.74, 6) is 0.586. The SMILES string of the molecule is CCOc1ccccc1NC(=O)Nc1ccc2c(c1)N(S(C)(=O)=O)CC2. The van der Waals surface area contributed by atoms with Gasteiger partial charge >= 0.3 is 6.03 Å². The lowest BCUT2D eigenvalue weighted by atomic mass is 10.1. The van der Waals surface area contributed by atoms with Crippen molar-refractivity contribution >= 4 is 33.1 Å². The molecule has 1 aliphatic heterocycles. The number of ether oxygens (including phenoxy) is 1. The molecule has 138 valence electrons. The number of urea groups is 1. The van der Waals surface area contributed by atoms with Crippen LogP contribution in [0.4, 0.5) is 21.9 Å². The Labute approximate surface area is 153 Å². The van der Waals surface area contributed by atoms with Crippen molar-refractivity contribution in [3.05, 3.63) is 48.0 Å². The van der Waals surface area contributed by atoms with Crippen molar-refractivity contribution in [2.75, 3.05) is 34.3 Å². The highest BCUT2D eigenvalue weighted by Crippen LogP contribution is 2.32. The number of fused-ring (bicyclic) bond motifs is 1. The molecule has 0 radical (unpaired) electrons. The van der Waals surface area contributed by atoms with Gasteiger partial charge in [-0.05, 0) is 43.2 Å². The number of sulfonamides is 1. The maximum absolute atomic E-state index is 12.3. The summed E-state index contributed by atoms with van der Waals surface area (Å²) >= 11 is 0. The Bertz CT molecular complexity index is 928. The molecule has 0 aromatic heterocycles. The fraction of sp³-hybridized carbons (Fsp3) is 0.278. The molecule has 0 spiro atoms. The van der Waals surface area contributed by atoms with Gasteiger partial charge in [0.2, 0.25) is 10.0 Å². The van der Waals surface area contributed by atoms with E-state index in [4.69, 9.17) is 4.74 Å². The van der Waals surface area contributed by atoms with E-state index in [-0.39, 0.29) is 0 Å². The summed E-state index contributed by atoms with van der Waals surface area (Å²) in [4.78, 5) is 12.3. The molecule has 0 fully saturated rings. The second kappa shape index (κ2) is 7.25. The zero-order chi connectivity index (χ0) is 18.7. The Balaban J connectivity index is 1.75. The lowest BCUT2D eigenvalue weighted by Gasteiger charge is -2.17. The van der Waals surface area contributed by atoms with Gasteiger partial charge < -0.3 is 15.4 Å². The molecule has 0 atom stereocenters. The Hall–Kier alpha value is -2.74. The van der Waals surface area contributed by atoms with Gasteiger partial charge in [0.05, 0.1) is 24.2 Å². The smallest absolute Gasteiger partial charge is 0.323 e. The maximum Gasteiger partial charge on any atom is 0.323 e. The minimum atomic E-state index is -3.33. The molecule has 0 unspecified atom stereocenters. The van der Waals surface area contributed by atoms with E-state index in [0.717, 1.165) is 5.56 Å². The molecule has 1 aliphatic rings. The summed E-state index contributed by atoms with van der Waals surface area (Å²) in [6.07, 6.45) is 1.84. The van der Waals surface area contributed by atoms with Gasteiger partial charge in [-0.15, -0.1) is 0 Å². The summed E-state index contributed by atoms with van der Waals surface area (Å²) in [5.41, 5.74) is 2.64. The Kier molecular flexibility index (Phi) is 5.03. The van der Waals surface area contributed by atoms with Gasteiger partial charge in [0.15, 0.2) is 0 Å². The second-order valence-electron chi connectivity index (χ2n) is 5.94. The zero-order valence-corrected chi connectivity index (χ0v) is 15.5. The molecule has 0 bridgehead atoms. The zero-order valence-electron chi connectivity index (χ0n) is 14.7. The van der Waals surface area contributed by atoms with E-state index in [1.165, 1.54) is 10.6 Å². The topological polar surface area (TPSA) is 87.7 Å². The van der Waals surface area contributed by atoms with Crippen molar-refractivity contribution in [2.45, 2.75) is 13.3 Å². The number of amides is 2. The first kappa shape index (κ1) is 18.1. The molecular formula is C18H21N3O4S. The maximum atomic E-state index is 12.3. The van der Waals surface area contributed by atoms with Crippen molar-refractivity contribution in [3.8, 4) is 5.75 Å². The monoisotopic (exact) mass is 375 g/mol. The molecular weight excluding hydrogens is 354 g/mol. The van der Waals surface area contributed by atoms with Crippen molar-refractivity contribution in [1.82, 2.24) is 0 Å². The molecule has 7 nitrogen and oxygen atoms in total. The molecule has 2 amide bonds. The number of para-hydroxylation sites is 2. The number of benzene rings is 2. The summed E-state index contributed by atoms with van der Waals surface area (Å²) in [7, 11) is -3.33. The molecule has 0 saturated carbocycles. The van der Waals surface area contributed by atoms with E-state index in [1.807, 2.05) is 19.1 Å². The minimum absolute atomic E-state index is 0.422. The Morgan fingerprint density at radius 3 is 2.69 bits per heavy atom. The fourth-order valence-corrected chi connectivity index (χ4v) is 3.86. The number of hydrogen-bond acceptors (Lipinski definition) is 4. The molecule has 0 aliphatic carbocycles. The van der Waals surface area contributed by atoms with Crippen LogP contribution in [0.5, 0.6) is 5.75 Å². The van der Waals surface area contributed by atoms with Gasteiger partial charge in [-0.2, -0.15) is 0 Å². The van der Waals surface area contributed by atoms with E-state index in [9.17, 15) is 13.2 Å². The number of carbonyl (C=O) groups excluding carboxylic acids is 1.